The third-order valence-electron chi connectivity index (χ3n) is 4.06. The minimum atomic E-state index is -0.457. The van der Waals surface area contributed by atoms with Gasteiger partial charge in [-0.25, -0.2) is 4.79 Å². The number of rotatable bonds is 4. The van der Waals surface area contributed by atoms with E-state index in [2.05, 4.69) is 5.32 Å². The number of urea groups is 1. The van der Waals surface area contributed by atoms with Gasteiger partial charge in [0, 0.05) is 32.2 Å². The van der Waals surface area contributed by atoms with Gasteiger partial charge in [-0.3, -0.25) is 4.79 Å². The maximum atomic E-state index is 12.4. The van der Waals surface area contributed by atoms with Gasteiger partial charge in [-0.2, -0.15) is 0 Å². The molecule has 0 unspecified atom stereocenters. The normalized spacial score (nSPS) is 17.9. The summed E-state index contributed by atoms with van der Waals surface area (Å²) in [5.41, 5.74) is 0.813. The Kier molecular flexibility index (Phi) is 5.31. The van der Waals surface area contributed by atoms with Crippen molar-refractivity contribution in [1.82, 2.24) is 15.1 Å². The lowest BCUT2D eigenvalue weighted by molar-refractivity contribution is -0.137. The average molecular weight is 321 g/mol. The zero-order chi connectivity index (χ0) is 17.0. The van der Waals surface area contributed by atoms with E-state index in [1.165, 1.54) is 0 Å². The van der Waals surface area contributed by atoms with Gasteiger partial charge in [0.25, 0.3) is 0 Å². The second-order valence-electron chi connectivity index (χ2n) is 5.47. The molecular formula is C16H23N3O4. The summed E-state index contributed by atoms with van der Waals surface area (Å²) in [6.45, 7) is 3.10. The lowest BCUT2D eigenvalue weighted by Crippen LogP contribution is -2.58. The molecule has 126 valence electrons. The van der Waals surface area contributed by atoms with E-state index in [-0.39, 0.29) is 11.9 Å². The van der Waals surface area contributed by atoms with E-state index in [1.54, 1.807) is 50.1 Å². The van der Waals surface area contributed by atoms with Crippen LogP contribution in [0.25, 0.3) is 0 Å². The fourth-order valence-electron chi connectivity index (χ4n) is 2.58. The lowest BCUT2D eigenvalue weighted by Gasteiger charge is -2.37. The summed E-state index contributed by atoms with van der Waals surface area (Å²) in [5, 5.41) is 2.84. The zero-order valence-corrected chi connectivity index (χ0v) is 14.0. The van der Waals surface area contributed by atoms with Crippen molar-refractivity contribution in [2.45, 2.75) is 19.5 Å². The molecule has 2 rings (SSSR count). The van der Waals surface area contributed by atoms with Crippen molar-refractivity contribution in [3.63, 3.8) is 0 Å². The van der Waals surface area contributed by atoms with Gasteiger partial charge in [0.2, 0.25) is 5.91 Å². The Bertz CT molecular complexity index is 591. The molecule has 23 heavy (non-hydrogen) atoms. The Balaban J connectivity index is 2.03. The molecule has 7 nitrogen and oxygen atoms in total. The predicted octanol–water partition coefficient (Wildman–Crippen LogP) is 1.08. The number of ether oxygens (including phenoxy) is 2. The van der Waals surface area contributed by atoms with Crippen LogP contribution in [0.15, 0.2) is 18.2 Å². The summed E-state index contributed by atoms with van der Waals surface area (Å²) in [6.07, 6.45) is 0. The number of methoxy groups -OCH3 is 2. The molecule has 1 aliphatic rings. The number of benzene rings is 1. The summed E-state index contributed by atoms with van der Waals surface area (Å²) >= 11 is 0. The van der Waals surface area contributed by atoms with Crippen molar-refractivity contribution in [2.75, 3.05) is 34.4 Å². The van der Waals surface area contributed by atoms with E-state index in [1.807, 2.05) is 6.07 Å². The molecule has 0 bridgehead atoms. The second-order valence-corrected chi connectivity index (χ2v) is 5.47. The van der Waals surface area contributed by atoms with Crippen LogP contribution in [0.4, 0.5) is 4.79 Å². The lowest BCUT2D eigenvalue weighted by atomic mass is 10.1. The van der Waals surface area contributed by atoms with Crippen molar-refractivity contribution in [2.24, 2.45) is 0 Å². The number of hydrogen-bond acceptors (Lipinski definition) is 4. The smallest absolute Gasteiger partial charge is 0.318 e. The fourth-order valence-corrected chi connectivity index (χ4v) is 2.58. The molecule has 1 aliphatic heterocycles. The first-order valence-corrected chi connectivity index (χ1v) is 7.48. The molecule has 0 spiro atoms. The Hall–Kier alpha value is -2.44. The Morgan fingerprint density at radius 1 is 1.30 bits per heavy atom. The number of carbonyl (C=O) groups is 2. The molecule has 0 radical (unpaired) electrons. The van der Waals surface area contributed by atoms with Gasteiger partial charge in [0.1, 0.15) is 17.5 Å². The highest BCUT2D eigenvalue weighted by molar-refractivity contribution is 5.87. The monoisotopic (exact) mass is 321 g/mol. The van der Waals surface area contributed by atoms with Crippen LogP contribution in [-0.2, 0) is 11.3 Å². The van der Waals surface area contributed by atoms with Crippen LogP contribution in [-0.4, -0.2) is 62.1 Å². The number of hydrogen-bond donors (Lipinski definition) is 1. The van der Waals surface area contributed by atoms with Crippen molar-refractivity contribution in [1.29, 1.82) is 0 Å². The highest BCUT2D eigenvalue weighted by Crippen LogP contribution is 2.23. The van der Waals surface area contributed by atoms with Gasteiger partial charge >= 0.3 is 6.03 Å². The SMILES string of the molecule is COc1ccc(OC)c(CNC(=O)N2CCN(C)C(=O)[C@@H]2C)c1. The molecule has 1 N–H and O–H groups in total. The molecule has 3 amide bonds. The van der Waals surface area contributed by atoms with E-state index >= 15 is 0 Å². The third-order valence-corrected chi connectivity index (χ3v) is 4.06. The number of nitrogens with one attached hydrogen (secondary N) is 1. The van der Waals surface area contributed by atoms with Crippen LogP contribution in [0.5, 0.6) is 11.5 Å². The minimum Gasteiger partial charge on any atom is -0.497 e. The van der Waals surface area contributed by atoms with Crippen molar-refractivity contribution in [3.8, 4) is 11.5 Å². The number of carbonyl (C=O) groups excluding carboxylic acids is 2. The number of nitrogens with zero attached hydrogens (tertiary/aromatic N) is 2. The highest BCUT2D eigenvalue weighted by Gasteiger charge is 2.32. The molecular weight excluding hydrogens is 298 g/mol. The Labute approximate surface area is 136 Å². The number of amides is 3. The average Bonchev–Trinajstić information content (AvgIpc) is 2.57. The fraction of sp³-hybridized carbons (Fsp3) is 0.500. The van der Waals surface area contributed by atoms with Gasteiger partial charge in [-0.05, 0) is 25.1 Å². The first-order valence-electron chi connectivity index (χ1n) is 7.48. The van der Waals surface area contributed by atoms with Crippen LogP contribution in [0.1, 0.15) is 12.5 Å². The van der Waals surface area contributed by atoms with E-state index in [0.717, 1.165) is 5.56 Å². The molecule has 1 heterocycles. The van der Waals surface area contributed by atoms with Crippen molar-refractivity contribution < 1.29 is 19.1 Å². The van der Waals surface area contributed by atoms with Crippen LogP contribution in [0, 0.1) is 0 Å². The number of piperazine rings is 1. The highest BCUT2D eigenvalue weighted by atomic mass is 16.5. The van der Waals surface area contributed by atoms with Gasteiger partial charge in [0.05, 0.1) is 14.2 Å². The first kappa shape index (κ1) is 16.9. The Morgan fingerprint density at radius 3 is 2.70 bits per heavy atom. The van der Waals surface area contributed by atoms with Crippen LogP contribution >= 0.6 is 0 Å². The maximum Gasteiger partial charge on any atom is 0.318 e. The summed E-state index contributed by atoms with van der Waals surface area (Å²) in [7, 11) is 4.91. The second kappa shape index (κ2) is 7.21. The molecule has 1 atom stereocenters. The van der Waals surface area contributed by atoms with Crippen LogP contribution in [0.2, 0.25) is 0 Å². The summed E-state index contributed by atoms with van der Waals surface area (Å²) < 4.78 is 10.5. The predicted molar refractivity (Wildman–Crippen MR) is 85.6 cm³/mol. The summed E-state index contributed by atoms with van der Waals surface area (Å²) in [5.74, 6) is 1.32. The van der Waals surface area contributed by atoms with Crippen LogP contribution in [0.3, 0.4) is 0 Å². The summed E-state index contributed by atoms with van der Waals surface area (Å²) in [4.78, 5) is 27.5. The molecule has 7 heteroatoms. The molecule has 0 aromatic heterocycles. The van der Waals surface area contributed by atoms with Gasteiger partial charge in [-0.1, -0.05) is 0 Å². The molecule has 1 aromatic rings. The van der Waals surface area contributed by atoms with Crippen molar-refractivity contribution in [3.05, 3.63) is 23.8 Å². The quantitative estimate of drug-likeness (QED) is 0.901. The molecule has 0 aliphatic carbocycles. The molecule has 1 fully saturated rings. The van der Waals surface area contributed by atoms with Gasteiger partial charge < -0.3 is 24.6 Å². The molecule has 1 saturated heterocycles. The van der Waals surface area contributed by atoms with E-state index in [4.69, 9.17) is 9.47 Å². The largest absolute Gasteiger partial charge is 0.497 e. The topological polar surface area (TPSA) is 71.1 Å². The maximum absolute atomic E-state index is 12.4. The van der Waals surface area contributed by atoms with E-state index in [0.29, 0.717) is 31.1 Å². The summed E-state index contributed by atoms with van der Waals surface area (Å²) in [6, 6.07) is 4.69. The third kappa shape index (κ3) is 3.67. The van der Waals surface area contributed by atoms with E-state index < -0.39 is 6.04 Å². The van der Waals surface area contributed by atoms with Crippen LogP contribution < -0.4 is 14.8 Å². The van der Waals surface area contributed by atoms with E-state index in [9.17, 15) is 9.59 Å². The van der Waals surface area contributed by atoms with Gasteiger partial charge in [-0.15, -0.1) is 0 Å². The Morgan fingerprint density at radius 2 is 2.04 bits per heavy atom. The molecule has 1 aromatic carbocycles. The molecule has 0 saturated carbocycles. The van der Waals surface area contributed by atoms with Gasteiger partial charge in [0.15, 0.2) is 0 Å². The zero-order valence-electron chi connectivity index (χ0n) is 14.0. The minimum absolute atomic E-state index is 0.0506. The first-order chi connectivity index (χ1) is 11.0. The van der Waals surface area contributed by atoms with Crippen molar-refractivity contribution >= 4 is 11.9 Å². The standard InChI is InChI=1S/C16H23N3O4/c1-11-15(20)18(2)7-8-19(11)16(21)17-10-12-9-13(22-3)5-6-14(12)23-4/h5-6,9,11H,7-8,10H2,1-4H3,(H,17,21)/t11-/m0/s1. The number of likely N-dealkylation sites (N-methyl/N-ethyl adjacent to an activating group) is 1.